The monoisotopic (exact) mass is 253 g/mol. The molecule has 0 aliphatic carbocycles. The first-order valence-electron chi connectivity index (χ1n) is 5.21. The summed E-state index contributed by atoms with van der Waals surface area (Å²) in [4.78, 5) is 11.7. The minimum absolute atomic E-state index is 0.0420. The van der Waals surface area contributed by atoms with Crippen LogP contribution in [0.4, 0.5) is 5.69 Å². The average Bonchev–Trinajstić information content (AvgIpc) is 2.34. The van der Waals surface area contributed by atoms with E-state index in [2.05, 4.69) is 5.32 Å². The first-order chi connectivity index (χ1) is 8.17. The topological polar surface area (TPSA) is 51.5 Å². The molecular formula is C12H12ClNO3. The molecule has 1 aromatic heterocycles. The van der Waals surface area contributed by atoms with Gasteiger partial charge in [0.25, 0.3) is 0 Å². The molecule has 0 atom stereocenters. The highest BCUT2D eigenvalue weighted by Gasteiger charge is 2.12. The smallest absolute Gasteiger partial charge is 0.346 e. The molecule has 0 bridgehead atoms. The van der Waals surface area contributed by atoms with Crippen molar-refractivity contribution in [2.45, 2.75) is 6.92 Å². The molecule has 2 rings (SSSR count). The summed E-state index contributed by atoms with van der Waals surface area (Å²) in [7, 11) is 1.41. The highest BCUT2D eigenvalue weighted by molar-refractivity contribution is 6.36. The quantitative estimate of drug-likeness (QED) is 0.914. The maximum absolute atomic E-state index is 11.7. The Bertz CT molecular complexity index is 606. The fraction of sp³-hybridized carbons (Fsp3) is 0.250. The van der Waals surface area contributed by atoms with E-state index in [9.17, 15) is 4.79 Å². The molecule has 0 fully saturated rings. The first-order valence-corrected chi connectivity index (χ1v) is 5.59. The number of rotatable bonds is 3. The van der Waals surface area contributed by atoms with Crippen molar-refractivity contribution in [3.8, 4) is 5.95 Å². The van der Waals surface area contributed by atoms with Gasteiger partial charge in [0.2, 0.25) is 0 Å². The van der Waals surface area contributed by atoms with E-state index in [-0.39, 0.29) is 5.95 Å². The fourth-order valence-corrected chi connectivity index (χ4v) is 1.92. The van der Waals surface area contributed by atoms with E-state index in [0.29, 0.717) is 15.8 Å². The van der Waals surface area contributed by atoms with E-state index in [1.54, 1.807) is 12.1 Å². The van der Waals surface area contributed by atoms with E-state index in [0.717, 1.165) is 12.2 Å². The predicted octanol–water partition coefficient (Wildman–Crippen LogP) is 2.89. The maximum atomic E-state index is 11.7. The fourth-order valence-electron chi connectivity index (χ4n) is 1.64. The van der Waals surface area contributed by atoms with Crippen LogP contribution in [0.5, 0.6) is 5.95 Å². The molecule has 0 aliphatic heterocycles. The van der Waals surface area contributed by atoms with E-state index >= 15 is 0 Å². The number of benzene rings is 1. The van der Waals surface area contributed by atoms with Crippen molar-refractivity contribution in [1.29, 1.82) is 0 Å². The van der Waals surface area contributed by atoms with Gasteiger partial charge < -0.3 is 14.5 Å². The number of hydrogen-bond donors (Lipinski definition) is 1. The SMILES string of the molecule is CCNc1ccc2c(Cl)c(OC)oc(=O)c2c1. The standard InChI is InChI=1S/C12H12ClNO3/c1-3-14-7-4-5-8-9(6-7)11(15)17-12(16-2)10(8)13/h4-6,14H,3H2,1-2H3. The summed E-state index contributed by atoms with van der Waals surface area (Å²) < 4.78 is 9.86. The van der Waals surface area contributed by atoms with Crippen LogP contribution >= 0.6 is 11.6 Å². The van der Waals surface area contributed by atoms with Crippen molar-refractivity contribution >= 4 is 28.1 Å². The Kier molecular flexibility index (Phi) is 3.24. The molecule has 1 heterocycles. The van der Waals surface area contributed by atoms with Crippen LogP contribution in [0.15, 0.2) is 27.4 Å². The van der Waals surface area contributed by atoms with Gasteiger partial charge in [-0.15, -0.1) is 0 Å². The number of ether oxygens (including phenoxy) is 1. The lowest BCUT2D eigenvalue weighted by atomic mass is 10.1. The highest BCUT2D eigenvalue weighted by Crippen LogP contribution is 2.31. The Balaban J connectivity index is 2.71. The Hall–Kier alpha value is -1.68. The second-order valence-corrected chi connectivity index (χ2v) is 3.86. The molecule has 0 aliphatic rings. The van der Waals surface area contributed by atoms with Crippen LogP contribution in [0.1, 0.15) is 6.92 Å². The lowest BCUT2D eigenvalue weighted by Gasteiger charge is -2.07. The summed E-state index contributed by atoms with van der Waals surface area (Å²) in [6.45, 7) is 2.76. The molecular weight excluding hydrogens is 242 g/mol. The molecule has 0 saturated heterocycles. The summed E-state index contributed by atoms with van der Waals surface area (Å²) in [6.07, 6.45) is 0. The third-order valence-electron chi connectivity index (χ3n) is 2.41. The molecule has 0 amide bonds. The van der Waals surface area contributed by atoms with Crippen molar-refractivity contribution in [3.05, 3.63) is 33.6 Å². The predicted molar refractivity (Wildman–Crippen MR) is 68.2 cm³/mol. The van der Waals surface area contributed by atoms with Gasteiger partial charge in [-0.05, 0) is 19.1 Å². The largest absolute Gasteiger partial charge is 0.467 e. The van der Waals surface area contributed by atoms with Crippen LogP contribution in [-0.4, -0.2) is 13.7 Å². The van der Waals surface area contributed by atoms with Gasteiger partial charge in [-0.25, -0.2) is 4.79 Å². The highest BCUT2D eigenvalue weighted by atomic mass is 35.5. The average molecular weight is 254 g/mol. The number of fused-ring (bicyclic) bond motifs is 1. The summed E-state index contributed by atoms with van der Waals surface area (Å²) in [6, 6.07) is 5.35. The van der Waals surface area contributed by atoms with Crippen LogP contribution in [-0.2, 0) is 0 Å². The van der Waals surface area contributed by atoms with E-state index in [1.165, 1.54) is 7.11 Å². The first kappa shape index (κ1) is 11.8. The minimum atomic E-state index is -0.457. The lowest BCUT2D eigenvalue weighted by Crippen LogP contribution is -2.03. The molecule has 0 unspecified atom stereocenters. The van der Waals surface area contributed by atoms with Gasteiger partial charge in [0.1, 0.15) is 5.02 Å². The van der Waals surface area contributed by atoms with Crippen LogP contribution < -0.4 is 15.7 Å². The molecule has 17 heavy (non-hydrogen) atoms. The third-order valence-corrected chi connectivity index (χ3v) is 2.76. The molecule has 1 aromatic carbocycles. The summed E-state index contributed by atoms with van der Waals surface area (Å²) >= 11 is 6.07. The zero-order chi connectivity index (χ0) is 12.4. The summed E-state index contributed by atoms with van der Waals surface area (Å²) in [5, 5.41) is 4.50. The third kappa shape index (κ3) is 2.08. The molecule has 90 valence electrons. The number of nitrogens with one attached hydrogen (secondary N) is 1. The molecule has 1 N–H and O–H groups in total. The van der Waals surface area contributed by atoms with E-state index in [1.807, 2.05) is 13.0 Å². The second kappa shape index (κ2) is 4.67. The zero-order valence-electron chi connectivity index (χ0n) is 9.54. The van der Waals surface area contributed by atoms with Crippen molar-refractivity contribution in [2.75, 3.05) is 19.0 Å². The maximum Gasteiger partial charge on any atom is 0.346 e. The lowest BCUT2D eigenvalue weighted by molar-refractivity contribution is 0.289. The second-order valence-electron chi connectivity index (χ2n) is 3.49. The number of hydrogen-bond acceptors (Lipinski definition) is 4. The summed E-state index contributed by atoms with van der Waals surface area (Å²) in [5.74, 6) is 0.0420. The molecule has 4 nitrogen and oxygen atoms in total. The number of anilines is 1. The molecule has 2 aromatic rings. The van der Waals surface area contributed by atoms with Gasteiger partial charge >= 0.3 is 11.6 Å². The Morgan fingerprint density at radius 1 is 1.41 bits per heavy atom. The van der Waals surface area contributed by atoms with Gasteiger partial charge in [-0.3, -0.25) is 0 Å². The minimum Gasteiger partial charge on any atom is -0.467 e. The van der Waals surface area contributed by atoms with E-state index < -0.39 is 5.63 Å². The molecule has 0 radical (unpaired) electrons. The van der Waals surface area contributed by atoms with Crippen LogP contribution in [0.3, 0.4) is 0 Å². The zero-order valence-corrected chi connectivity index (χ0v) is 10.3. The molecule has 0 spiro atoms. The Morgan fingerprint density at radius 3 is 2.82 bits per heavy atom. The van der Waals surface area contributed by atoms with Crippen LogP contribution in [0, 0.1) is 0 Å². The van der Waals surface area contributed by atoms with Crippen molar-refractivity contribution in [1.82, 2.24) is 0 Å². The van der Waals surface area contributed by atoms with Gasteiger partial charge in [-0.1, -0.05) is 17.7 Å². The normalized spacial score (nSPS) is 10.5. The van der Waals surface area contributed by atoms with Crippen LogP contribution in [0.25, 0.3) is 10.8 Å². The van der Waals surface area contributed by atoms with E-state index in [4.69, 9.17) is 20.8 Å². The van der Waals surface area contributed by atoms with Crippen LogP contribution in [0.2, 0.25) is 5.02 Å². The van der Waals surface area contributed by atoms with Crippen molar-refractivity contribution in [2.24, 2.45) is 0 Å². The molecule has 0 saturated carbocycles. The van der Waals surface area contributed by atoms with Crippen molar-refractivity contribution in [3.63, 3.8) is 0 Å². The van der Waals surface area contributed by atoms with Gasteiger partial charge in [0, 0.05) is 17.6 Å². The van der Waals surface area contributed by atoms with Crippen molar-refractivity contribution < 1.29 is 9.15 Å². The van der Waals surface area contributed by atoms with Gasteiger partial charge in [0.05, 0.1) is 12.5 Å². The van der Waals surface area contributed by atoms with Gasteiger partial charge in [-0.2, -0.15) is 0 Å². The van der Waals surface area contributed by atoms with Gasteiger partial charge in [0.15, 0.2) is 0 Å². The summed E-state index contributed by atoms with van der Waals surface area (Å²) in [5.41, 5.74) is 0.398. The molecule has 5 heteroatoms. The Morgan fingerprint density at radius 2 is 2.18 bits per heavy atom. The Labute approximate surface area is 103 Å². The number of methoxy groups -OCH3 is 1. The number of halogens is 1.